The molecule has 10 rings (SSSR count). The van der Waals surface area contributed by atoms with Crippen molar-refractivity contribution >= 4 is 51.6 Å². The highest BCUT2D eigenvalue weighted by Crippen LogP contribution is 2.46. The minimum absolute atomic E-state index is 0.0294. The third-order valence-electron chi connectivity index (χ3n) is 14.8. The molecule has 5 heterocycles. The maximum absolute atomic E-state index is 14.2. The van der Waals surface area contributed by atoms with Crippen LogP contribution in [0.25, 0.3) is 32.9 Å². The second kappa shape index (κ2) is 16.8. The molecule has 2 unspecified atom stereocenters. The number of aliphatic imine (C=N–C) groups is 1. The van der Waals surface area contributed by atoms with Crippen molar-refractivity contribution in [2.24, 2.45) is 22.7 Å². The van der Waals surface area contributed by atoms with Crippen molar-refractivity contribution in [2.75, 3.05) is 34.0 Å². The summed E-state index contributed by atoms with van der Waals surface area (Å²) >= 11 is 0. The van der Waals surface area contributed by atoms with E-state index >= 15 is 0 Å². The number of alkyl carbamates (subject to hydrolysis) is 2. The maximum atomic E-state index is 14.2. The van der Waals surface area contributed by atoms with Crippen molar-refractivity contribution < 1.29 is 33.4 Å². The molecule has 3 aromatic carbocycles. The smallest absolute Gasteiger partial charge is 0.407 e. The van der Waals surface area contributed by atoms with Crippen LogP contribution in [-0.4, -0.2) is 114 Å². The molecule has 4 aromatic rings. The van der Waals surface area contributed by atoms with E-state index in [1.54, 1.807) is 0 Å². The molecule has 2 bridgehead atoms. The normalized spacial score (nSPS) is 26.3. The highest BCUT2D eigenvalue weighted by molar-refractivity contribution is 6.05. The van der Waals surface area contributed by atoms with Gasteiger partial charge in [-0.15, -0.1) is 0 Å². The number of fused-ring (bicyclic) bond motifs is 8. The summed E-state index contributed by atoms with van der Waals surface area (Å²) in [6.45, 7) is 5.62. The first-order valence-electron chi connectivity index (χ1n) is 22.9. The average Bonchev–Trinajstić information content (AvgIpc) is 4.17. The van der Waals surface area contributed by atoms with Crippen molar-refractivity contribution in [3.05, 3.63) is 65.5 Å². The first-order chi connectivity index (χ1) is 30.6. The molecule has 4 N–H and O–H groups in total. The standard InChI is InChI=1S/C48H58N8O7/c1-25(2)38(53-47(59)61-3)46(58)56-32-12-7-31(24-32)42(56)44-50-36-16-11-30-23-28(9-14-34(30)41(36)52-44)27-8-13-33-29(22-27)10-15-35-40(33)51-43(49-35)37-6-5-19-55(37)45(57)39(54-48(60)62-4)26-17-20-63-21-18-26/h8-10,13-15,22-23,25-26,31-32,36-39,41-42H,5-7,11-12,16-21,24H2,1-4H3,(H,49,51)(H,50,52)(H,53,59)(H,54,60)/t31-,32+,36?,37-,38-,39-,41?,42-/m0/s1. The summed E-state index contributed by atoms with van der Waals surface area (Å²) in [4.78, 5) is 70.8. The number of likely N-dealkylation sites (tertiary alicyclic amines) is 2. The summed E-state index contributed by atoms with van der Waals surface area (Å²) in [6.07, 6.45) is 6.67. The number of H-pyrrole nitrogens is 1. The fraction of sp³-hybridized carbons (Fsp3) is 0.542. The number of hydrogen-bond donors (Lipinski definition) is 4. The molecule has 1 aromatic heterocycles. The zero-order valence-corrected chi connectivity index (χ0v) is 36.5. The molecule has 0 spiro atoms. The second-order valence-corrected chi connectivity index (χ2v) is 18.7. The molecule has 0 radical (unpaired) electrons. The number of aromatic amines is 1. The Morgan fingerprint density at radius 2 is 1.65 bits per heavy atom. The fourth-order valence-electron chi connectivity index (χ4n) is 11.6. The van der Waals surface area contributed by atoms with Gasteiger partial charge in [0.1, 0.15) is 23.7 Å². The van der Waals surface area contributed by atoms with Gasteiger partial charge in [-0.2, -0.15) is 0 Å². The third kappa shape index (κ3) is 7.45. The number of nitrogens with one attached hydrogen (secondary N) is 4. The molecular weight excluding hydrogens is 801 g/mol. The predicted molar refractivity (Wildman–Crippen MR) is 237 cm³/mol. The van der Waals surface area contributed by atoms with E-state index in [0.29, 0.717) is 38.5 Å². The largest absolute Gasteiger partial charge is 0.453 e. The molecule has 332 valence electrons. The van der Waals surface area contributed by atoms with Gasteiger partial charge in [-0.1, -0.05) is 50.2 Å². The first kappa shape index (κ1) is 41.3. The molecule has 3 saturated heterocycles. The summed E-state index contributed by atoms with van der Waals surface area (Å²) in [7, 11) is 2.64. The van der Waals surface area contributed by atoms with Gasteiger partial charge in [0, 0.05) is 31.2 Å². The number of benzene rings is 3. The highest BCUT2D eigenvalue weighted by atomic mass is 16.5. The van der Waals surface area contributed by atoms with Gasteiger partial charge in [0.15, 0.2) is 0 Å². The van der Waals surface area contributed by atoms with Crippen molar-refractivity contribution in [3.8, 4) is 11.1 Å². The Kier molecular flexibility index (Phi) is 11.0. The summed E-state index contributed by atoms with van der Waals surface area (Å²) < 4.78 is 15.3. The number of amidine groups is 1. The Labute approximate surface area is 367 Å². The number of aryl methyl sites for hydroxylation is 1. The minimum atomic E-state index is -0.687. The molecule has 15 nitrogen and oxygen atoms in total. The van der Waals surface area contributed by atoms with Crippen LogP contribution >= 0.6 is 0 Å². The number of amides is 4. The minimum Gasteiger partial charge on any atom is -0.453 e. The Morgan fingerprint density at radius 3 is 2.44 bits per heavy atom. The van der Waals surface area contributed by atoms with Gasteiger partial charge in [-0.3, -0.25) is 14.6 Å². The molecule has 1 saturated carbocycles. The van der Waals surface area contributed by atoms with Gasteiger partial charge in [0.05, 0.1) is 49.4 Å². The van der Waals surface area contributed by atoms with Gasteiger partial charge < -0.3 is 44.9 Å². The molecule has 63 heavy (non-hydrogen) atoms. The van der Waals surface area contributed by atoms with Crippen LogP contribution in [-0.2, 0) is 30.2 Å². The van der Waals surface area contributed by atoms with E-state index in [4.69, 9.17) is 24.2 Å². The van der Waals surface area contributed by atoms with Gasteiger partial charge in [0.2, 0.25) is 11.8 Å². The SMILES string of the molecule is COC(=O)N[C@H](C(=O)N1[C@@H]2CC[C@@H](C2)[C@H]1C1=NC2CCc3cc(-c4ccc5c(ccc6nc([C@@H]7CCCN7C(=O)[C@@H](NC(=O)OC)C7CCOCC7)[nH]c65)c4)ccc3C2N1)C(C)C. The van der Waals surface area contributed by atoms with Crippen molar-refractivity contribution in [1.82, 2.24) is 35.7 Å². The zero-order chi connectivity index (χ0) is 43.5. The first-order valence-corrected chi connectivity index (χ1v) is 22.9. The number of carbonyl (C=O) groups excluding carboxylic acids is 4. The van der Waals surface area contributed by atoms with Gasteiger partial charge in [-0.05, 0) is 115 Å². The molecule has 4 fully saturated rings. The van der Waals surface area contributed by atoms with E-state index < -0.39 is 24.3 Å². The number of hydrogen-bond acceptors (Lipinski definition) is 10. The molecule has 4 amide bonds. The highest BCUT2D eigenvalue weighted by Gasteiger charge is 2.53. The topological polar surface area (TPSA) is 180 Å². The van der Waals surface area contributed by atoms with Crippen LogP contribution in [0.3, 0.4) is 0 Å². The van der Waals surface area contributed by atoms with Crippen molar-refractivity contribution in [2.45, 2.75) is 114 Å². The lowest BCUT2D eigenvalue weighted by atomic mass is 9.83. The molecule has 8 atom stereocenters. The summed E-state index contributed by atoms with van der Waals surface area (Å²) in [6, 6.07) is 16.1. The molecule has 6 aliphatic rings. The molecular formula is C48H58N8O7. The van der Waals surface area contributed by atoms with Crippen LogP contribution in [0.4, 0.5) is 9.59 Å². The van der Waals surface area contributed by atoms with E-state index in [1.807, 2.05) is 29.7 Å². The second-order valence-electron chi connectivity index (χ2n) is 18.7. The Morgan fingerprint density at radius 1 is 0.873 bits per heavy atom. The van der Waals surface area contributed by atoms with Gasteiger partial charge >= 0.3 is 12.2 Å². The number of nitrogens with zero attached hydrogens (tertiary/aromatic N) is 4. The number of aromatic nitrogens is 2. The number of ether oxygens (including phenoxy) is 3. The third-order valence-corrected chi connectivity index (χ3v) is 14.8. The van der Waals surface area contributed by atoms with Gasteiger partial charge in [0.25, 0.3) is 0 Å². The predicted octanol–water partition coefficient (Wildman–Crippen LogP) is 6.32. The summed E-state index contributed by atoms with van der Waals surface area (Å²) in [5.41, 5.74) is 6.64. The Bertz CT molecular complexity index is 2480. The van der Waals surface area contributed by atoms with Gasteiger partial charge in [-0.25, -0.2) is 14.6 Å². The number of carbonyl (C=O) groups is 4. The Balaban J connectivity index is 0.864. The van der Waals surface area contributed by atoms with Crippen LogP contribution in [0, 0.1) is 17.8 Å². The van der Waals surface area contributed by atoms with Crippen LogP contribution < -0.4 is 16.0 Å². The number of rotatable bonds is 9. The van der Waals surface area contributed by atoms with E-state index in [2.05, 4.69) is 63.4 Å². The summed E-state index contributed by atoms with van der Waals surface area (Å²) in [5.74, 6) is 1.73. The fourth-order valence-corrected chi connectivity index (χ4v) is 11.6. The lowest BCUT2D eigenvalue weighted by molar-refractivity contribution is -0.137. The number of imidazole rings is 1. The number of piperidine rings is 1. The lowest BCUT2D eigenvalue weighted by Gasteiger charge is -2.38. The molecule has 4 aliphatic heterocycles. The zero-order valence-electron chi connectivity index (χ0n) is 36.5. The molecule has 15 heteroatoms. The van der Waals surface area contributed by atoms with Crippen LogP contribution in [0.2, 0.25) is 0 Å². The summed E-state index contributed by atoms with van der Waals surface area (Å²) in [5, 5.41) is 11.6. The van der Waals surface area contributed by atoms with E-state index in [-0.39, 0.29) is 53.9 Å². The number of methoxy groups -OCH3 is 2. The monoisotopic (exact) mass is 858 g/mol. The van der Waals surface area contributed by atoms with Crippen molar-refractivity contribution in [3.63, 3.8) is 0 Å². The maximum Gasteiger partial charge on any atom is 0.407 e. The quantitative estimate of drug-likeness (QED) is 0.150. The van der Waals surface area contributed by atoms with E-state index in [1.165, 1.54) is 25.3 Å². The molecule has 2 aliphatic carbocycles. The van der Waals surface area contributed by atoms with Crippen LogP contribution in [0.15, 0.2) is 53.5 Å². The average molecular weight is 859 g/mol. The van der Waals surface area contributed by atoms with Crippen molar-refractivity contribution in [1.29, 1.82) is 0 Å². The van der Waals surface area contributed by atoms with E-state index in [9.17, 15) is 19.2 Å². The van der Waals surface area contributed by atoms with Crippen LogP contribution in [0.1, 0.15) is 94.2 Å². The lowest BCUT2D eigenvalue weighted by Crippen LogP contribution is -2.59. The Hall–Kier alpha value is -5.70. The van der Waals surface area contributed by atoms with E-state index in [0.717, 1.165) is 89.5 Å². The van der Waals surface area contributed by atoms with Crippen LogP contribution in [0.5, 0.6) is 0 Å².